The molecule has 0 N–H and O–H groups in total. The molecule has 3 aliphatic rings. The Morgan fingerprint density at radius 1 is 1.26 bits per heavy atom. The zero-order chi connectivity index (χ0) is 13.3. The number of likely N-dealkylation sites (tertiary alicyclic amines) is 1. The molecule has 3 rings (SSSR count). The van der Waals surface area contributed by atoms with Crippen LogP contribution in [0.5, 0.6) is 0 Å². The number of amides is 1. The van der Waals surface area contributed by atoms with E-state index in [4.69, 9.17) is 9.47 Å². The zero-order valence-corrected chi connectivity index (χ0v) is 12.0. The second-order valence-electron chi connectivity index (χ2n) is 6.70. The monoisotopic (exact) mass is 267 g/mol. The Morgan fingerprint density at radius 2 is 2.11 bits per heavy atom. The van der Waals surface area contributed by atoms with Crippen molar-refractivity contribution < 1.29 is 14.3 Å². The number of ether oxygens (including phenoxy) is 2. The lowest BCUT2D eigenvalue weighted by Crippen LogP contribution is -2.50. The van der Waals surface area contributed by atoms with Gasteiger partial charge in [0, 0.05) is 32.2 Å². The largest absolute Gasteiger partial charge is 0.384 e. The smallest absolute Gasteiger partial charge is 0.231 e. The van der Waals surface area contributed by atoms with Crippen LogP contribution in [-0.2, 0) is 14.3 Å². The maximum Gasteiger partial charge on any atom is 0.231 e. The highest BCUT2D eigenvalue weighted by atomic mass is 16.5. The third kappa shape index (κ3) is 2.29. The van der Waals surface area contributed by atoms with Crippen LogP contribution in [-0.4, -0.2) is 50.8 Å². The number of hydrogen-bond donors (Lipinski definition) is 0. The van der Waals surface area contributed by atoms with Crippen molar-refractivity contribution in [1.29, 1.82) is 0 Å². The lowest BCUT2D eigenvalue weighted by Gasteiger charge is -2.42. The van der Waals surface area contributed by atoms with Gasteiger partial charge >= 0.3 is 0 Å². The molecule has 108 valence electrons. The summed E-state index contributed by atoms with van der Waals surface area (Å²) in [4.78, 5) is 14.9. The molecule has 19 heavy (non-hydrogen) atoms. The van der Waals surface area contributed by atoms with Gasteiger partial charge in [-0.3, -0.25) is 4.79 Å². The average molecular weight is 267 g/mol. The van der Waals surface area contributed by atoms with E-state index >= 15 is 0 Å². The topological polar surface area (TPSA) is 38.8 Å². The van der Waals surface area contributed by atoms with Crippen molar-refractivity contribution in [3.8, 4) is 0 Å². The fourth-order valence-electron chi connectivity index (χ4n) is 3.98. The van der Waals surface area contributed by atoms with Crippen LogP contribution in [0.1, 0.15) is 38.5 Å². The van der Waals surface area contributed by atoms with Crippen LogP contribution in [0.2, 0.25) is 0 Å². The number of nitrogens with zero attached hydrogens (tertiary/aromatic N) is 1. The number of rotatable bonds is 3. The van der Waals surface area contributed by atoms with Gasteiger partial charge in [-0.05, 0) is 32.1 Å². The average Bonchev–Trinajstić information content (AvgIpc) is 2.78. The van der Waals surface area contributed by atoms with Crippen LogP contribution in [0.15, 0.2) is 0 Å². The van der Waals surface area contributed by atoms with Crippen molar-refractivity contribution in [1.82, 2.24) is 4.90 Å². The van der Waals surface area contributed by atoms with Crippen LogP contribution < -0.4 is 0 Å². The van der Waals surface area contributed by atoms with E-state index in [1.165, 1.54) is 6.42 Å². The van der Waals surface area contributed by atoms with Crippen LogP contribution >= 0.6 is 0 Å². The number of methoxy groups -OCH3 is 1. The van der Waals surface area contributed by atoms with Gasteiger partial charge in [-0.1, -0.05) is 6.42 Å². The number of carbonyl (C=O) groups is 1. The predicted molar refractivity (Wildman–Crippen MR) is 71.8 cm³/mol. The summed E-state index contributed by atoms with van der Waals surface area (Å²) < 4.78 is 10.9. The highest BCUT2D eigenvalue weighted by Crippen LogP contribution is 2.45. The lowest BCUT2D eigenvalue weighted by molar-refractivity contribution is -0.151. The van der Waals surface area contributed by atoms with E-state index in [9.17, 15) is 4.79 Å². The SMILES string of the molecule is COCC1(C(=O)N2CCC3(CCCOC3)C2)CCC1. The summed E-state index contributed by atoms with van der Waals surface area (Å²) in [6.45, 7) is 4.13. The third-order valence-corrected chi connectivity index (χ3v) is 5.31. The first-order valence-corrected chi connectivity index (χ1v) is 7.56. The number of hydrogen-bond acceptors (Lipinski definition) is 3. The van der Waals surface area contributed by atoms with Gasteiger partial charge in [0.1, 0.15) is 0 Å². The standard InChI is InChI=1S/C15H25NO3/c1-18-12-15(5-2-6-15)13(17)16-8-7-14(10-16)4-3-9-19-11-14/h2-12H2,1H3. The van der Waals surface area contributed by atoms with E-state index in [2.05, 4.69) is 4.90 Å². The van der Waals surface area contributed by atoms with Crippen molar-refractivity contribution >= 4 is 5.91 Å². The van der Waals surface area contributed by atoms with Crippen LogP contribution in [0.4, 0.5) is 0 Å². The maximum atomic E-state index is 12.8. The fraction of sp³-hybridized carbons (Fsp3) is 0.933. The maximum absolute atomic E-state index is 12.8. The molecule has 4 nitrogen and oxygen atoms in total. The van der Waals surface area contributed by atoms with Crippen molar-refractivity contribution in [3.63, 3.8) is 0 Å². The summed E-state index contributed by atoms with van der Waals surface area (Å²) in [5.74, 6) is 0.336. The van der Waals surface area contributed by atoms with E-state index in [0.717, 1.165) is 58.4 Å². The number of carbonyl (C=O) groups excluding carboxylic acids is 1. The molecular formula is C15H25NO3. The second kappa shape index (κ2) is 5.06. The molecule has 2 saturated heterocycles. The molecule has 0 radical (unpaired) electrons. The Labute approximate surface area is 115 Å². The Balaban J connectivity index is 1.65. The minimum atomic E-state index is -0.199. The Kier molecular flexibility index (Phi) is 3.56. The molecule has 3 fully saturated rings. The minimum absolute atomic E-state index is 0.199. The highest BCUT2D eigenvalue weighted by Gasteiger charge is 2.50. The van der Waals surface area contributed by atoms with Gasteiger partial charge in [0.2, 0.25) is 5.91 Å². The van der Waals surface area contributed by atoms with Gasteiger partial charge < -0.3 is 14.4 Å². The van der Waals surface area contributed by atoms with Crippen molar-refractivity contribution in [2.45, 2.75) is 38.5 Å². The van der Waals surface area contributed by atoms with Gasteiger partial charge in [0.25, 0.3) is 0 Å². The first-order chi connectivity index (χ1) is 9.20. The predicted octanol–water partition coefficient (Wildman–Crippen LogP) is 1.83. The quantitative estimate of drug-likeness (QED) is 0.783. The summed E-state index contributed by atoms with van der Waals surface area (Å²) in [6, 6.07) is 0. The van der Waals surface area contributed by atoms with Crippen molar-refractivity contribution in [3.05, 3.63) is 0 Å². The minimum Gasteiger partial charge on any atom is -0.384 e. The summed E-state index contributed by atoms with van der Waals surface area (Å²) in [5.41, 5.74) is 0.0573. The Morgan fingerprint density at radius 3 is 2.68 bits per heavy atom. The van der Waals surface area contributed by atoms with Gasteiger partial charge in [0.05, 0.1) is 18.6 Å². The fourth-order valence-corrected chi connectivity index (χ4v) is 3.98. The Hall–Kier alpha value is -0.610. The molecule has 2 aliphatic heterocycles. The normalized spacial score (nSPS) is 33.4. The molecule has 1 atom stereocenters. The summed E-state index contributed by atoms with van der Waals surface area (Å²) in [5, 5.41) is 0. The first kappa shape index (κ1) is 13.4. The third-order valence-electron chi connectivity index (χ3n) is 5.31. The molecule has 1 aliphatic carbocycles. The zero-order valence-electron chi connectivity index (χ0n) is 12.0. The molecule has 4 heteroatoms. The van der Waals surface area contributed by atoms with Crippen LogP contribution in [0, 0.1) is 10.8 Å². The molecule has 1 unspecified atom stereocenters. The van der Waals surface area contributed by atoms with Crippen LogP contribution in [0.25, 0.3) is 0 Å². The summed E-state index contributed by atoms with van der Waals surface area (Å²) >= 11 is 0. The lowest BCUT2D eigenvalue weighted by atomic mass is 9.68. The van der Waals surface area contributed by atoms with Crippen molar-refractivity contribution in [2.24, 2.45) is 10.8 Å². The van der Waals surface area contributed by atoms with E-state index < -0.39 is 0 Å². The van der Waals surface area contributed by atoms with E-state index in [1.807, 2.05) is 0 Å². The van der Waals surface area contributed by atoms with Crippen LogP contribution in [0.3, 0.4) is 0 Å². The second-order valence-corrected chi connectivity index (χ2v) is 6.70. The summed E-state index contributed by atoms with van der Waals surface area (Å²) in [7, 11) is 1.70. The van der Waals surface area contributed by atoms with Gasteiger partial charge in [-0.15, -0.1) is 0 Å². The molecule has 0 aromatic heterocycles. The van der Waals surface area contributed by atoms with Crippen molar-refractivity contribution in [2.75, 3.05) is 40.0 Å². The molecule has 0 bridgehead atoms. The molecule has 2 heterocycles. The van der Waals surface area contributed by atoms with E-state index in [-0.39, 0.29) is 10.8 Å². The molecule has 1 saturated carbocycles. The molecular weight excluding hydrogens is 242 g/mol. The van der Waals surface area contributed by atoms with Gasteiger partial charge in [-0.2, -0.15) is 0 Å². The van der Waals surface area contributed by atoms with E-state index in [0.29, 0.717) is 12.5 Å². The van der Waals surface area contributed by atoms with Gasteiger partial charge in [-0.25, -0.2) is 0 Å². The summed E-state index contributed by atoms with van der Waals surface area (Å²) in [6.07, 6.45) is 6.64. The Bertz CT molecular complexity index is 345. The first-order valence-electron chi connectivity index (χ1n) is 7.56. The molecule has 0 aromatic rings. The van der Waals surface area contributed by atoms with Gasteiger partial charge in [0.15, 0.2) is 0 Å². The molecule has 0 aromatic carbocycles. The van der Waals surface area contributed by atoms with E-state index in [1.54, 1.807) is 7.11 Å². The molecule has 1 amide bonds. The molecule has 1 spiro atoms. The highest BCUT2D eigenvalue weighted by molar-refractivity contribution is 5.84.